The first kappa shape index (κ1) is 19.9. The number of ether oxygens (including phenoxy) is 3. The van der Waals surface area contributed by atoms with Gasteiger partial charge in [0, 0.05) is 0 Å². The number of aliphatic hydroxyl groups is 5. The van der Waals surface area contributed by atoms with Gasteiger partial charge in [-0.05, 0) is 0 Å². The summed E-state index contributed by atoms with van der Waals surface area (Å²) < 4.78 is 16.1. The molecule has 0 amide bonds. The number of aliphatic hydroxyl groups excluding tert-OH is 5. The van der Waals surface area contributed by atoms with Crippen molar-refractivity contribution in [2.24, 2.45) is 0 Å². The lowest BCUT2D eigenvalue weighted by molar-refractivity contribution is -0.357. The molecule has 0 aromatic heterocycles. The lowest BCUT2D eigenvalue weighted by Gasteiger charge is -2.43. The van der Waals surface area contributed by atoms with Gasteiger partial charge in [0.2, 0.25) is 5.79 Å². The summed E-state index contributed by atoms with van der Waals surface area (Å²) in [7, 11) is 0. The van der Waals surface area contributed by atoms with E-state index in [1.807, 2.05) is 0 Å². The van der Waals surface area contributed by atoms with Crippen molar-refractivity contribution >= 4 is 34.8 Å². The van der Waals surface area contributed by atoms with Crippen molar-refractivity contribution in [3.05, 3.63) is 0 Å². The minimum atomic E-state index is -1.90. The quantitative estimate of drug-likeness (QED) is 0.349. The van der Waals surface area contributed by atoms with Gasteiger partial charge in [-0.25, -0.2) is 0 Å². The summed E-state index contributed by atoms with van der Waals surface area (Å²) in [6.45, 7) is -0.526. The zero-order valence-corrected chi connectivity index (χ0v) is 14.1. The van der Waals surface area contributed by atoms with Crippen LogP contribution < -0.4 is 0 Å². The molecule has 1 unspecified atom stereocenters. The summed E-state index contributed by atoms with van der Waals surface area (Å²) >= 11 is 17.3. The predicted molar refractivity (Wildman–Crippen MR) is 79.5 cm³/mol. The molecular weight excluding hydrogens is 378 g/mol. The lowest BCUT2D eigenvalue weighted by Crippen LogP contribution is -2.61. The van der Waals surface area contributed by atoms with Gasteiger partial charge in [0.1, 0.15) is 36.6 Å². The number of hydrogen-bond donors (Lipinski definition) is 5. The smallest absolute Gasteiger partial charge is 0.214 e. The molecule has 0 aromatic rings. The van der Waals surface area contributed by atoms with Crippen molar-refractivity contribution < 1.29 is 39.7 Å². The number of rotatable bonds is 5. The van der Waals surface area contributed by atoms with Gasteiger partial charge < -0.3 is 39.7 Å². The van der Waals surface area contributed by atoms with Gasteiger partial charge in [-0.1, -0.05) is 0 Å². The molecule has 23 heavy (non-hydrogen) atoms. The molecule has 0 aromatic carbocycles. The number of hydrogen-bond acceptors (Lipinski definition) is 8. The average molecular weight is 398 g/mol. The Morgan fingerprint density at radius 1 is 1.00 bits per heavy atom. The van der Waals surface area contributed by atoms with Gasteiger partial charge in [-0.3, -0.25) is 0 Å². The fourth-order valence-electron chi connectivity index (χ4n) is 2.56. The van der Waals surface area contributed by atoms with Crippen LogP contribution in [0.1, 0.15) is 0 Å². The molecule has 9 atom stereocenters. The molecule has 0 aliphatic carbocycles. The Balaban J connectivity index is 2.18. The van der Waals surface area contributed by atoms with E-state index >= 15 is 0 Å². The molecule has 5 N–H and O–H groups in total. The van der Waals surface area contributed by atoms with E-state index in [1.165, 1.54) is 0 Å². The summed E-state index contributed by atoms with van der Waals surface area (Å²) in [6, 6.07) is 0. The summed E-state index contributed by atoms with van der Waals surface area (Å²) in [5.41, 5.74) is 0. The molecule has 2 aliphatic rings. The van der Waals surface area contributed by atoms with Crippen molar-refractivity contribution in [1.29, 1.82) is 0 Å². The van der Waals surface area contributed by atoms with Gasteiger partial charge in [0.15, 0.2) is 6.29 Å². The van der Waals surface area contributed by atoms with Crippen LogP contribution >= 0.6 is 34.8 Å². The SMILES string of the molecule is OC[C@H]1O[C@H](OC2(CCl)O[C@H](CCl)[C@@H](O)[C@@H]2O)[C@H](O)[C@@H](O)[C@H]1Cl. The summed E-state index contributed by atoms with van der Waals surface area (Å²) in [4.78, 5) is 0. The van der Waals surface area contributed by atoms with Crippen LogP contribution in [0.5, 0.6) is 0 Å². The Bertz CT molecular complexity index is 403. The zero-order valence-electron chi connectivity index (χ0n) is 11.8. The second kappa shape index (κ2) is 7.84. The largest absolute Gasteiger partial charge is 0.394 e. The third kappa shape index (κ3) is 3.58. The first-order valence-corrected chi connectivity index (χ1v) is 8.42. The van der Waals surface area contributed by atoms with E-state index in [1.54, 1.807) is 0 Å². The molecule has 2 heterocycles. The maximum atomic E-state index is 10.1. The molecule has 136 valence electrons. The van der Waals surface area contributed by atoms with E-state index in [4.69, 9.17) is 49.0 Å². The molecule has 2 saturated heterocycles. The molecule has 0 radical (unpaired) electrons. The Labute approximate surface area is 147 Å². The Kier molecular flexibility index (Phi) is 6.77. The van der Waals surface area contributed by atoms with Crippen LogP contribution in [0.2, 0.25) is 0 Å². The van der Waals surface area contributed by atoms with E-state index in [9.17, 15) is 25.5 Å². The van der Waals surface area contributed by atoms with E-state index < -0.39 is 66.6 Å². The van der Waals surface area contributed by atoms with Gasteiger partial charge >= 0.3 is 0 Å². The molecule has 2 aliphatic heterocycles. The number of halogens is 3. The van der Waals surface area contributed by atoms with Crippen LogP contribution in [-0.2, 0) is 14.2 Å². The highest BCUT2D eigenvalue weighted by Gasteiger charge is 2.58. The Hall–Kier alpha value is 0.550. The van der Waals surface area contributed by atoms with E-state index in [2.05, 4.69) is 0 Å². The zero-order chi connectivity index (χ0) is 17.4. The summed E-state index contributed by atoms with van der Waals surface area (Å²) in [5, 5.41) is 48.1. The van der Waals surface area contributed by atoms with Crippen molar-refractivity contribution in [2.45, 2.75) is 54.1 Å². The maximum Gasteiger partial charge on any atom is 0.214 e. The molecule has 11 heteroatoms. The highest BCUT2D eigenvalue weighted by Crippen LogP contribution is 2.37. The van der Waals surface area contributed by atoms with E-state index in [0.29, 0.717) is 0 Å². The second-order valence-electron chi connectivity index (χ2n) is 5.46. The Morgan fingerprint density at radius 3 is 2.13 bits per heavy atom. The van der Waals surface area contributed by atoms with Crippen LogP contribution in [0.25, 0.3) is 0 Å². The van der Waals surface area contributed by atoms with Crippen molar-refractivity contribution in [3.8, 4) is 0 Å². The van der Waals surface area contributed by atoms with Crippen LogP contribution in [0, 0.1) is 0 Å². The molecule has 2 fully saturated rings. The summed E-state index contributed by atoms with van der Waals surface area (Å²) in [5.74, 6) is -2.43. The lowest BCUT2D eigenvalue weighted by atomic mass is 10.0. The number of alkyl halides is 3. The van der Waals surface area contributed by atoms with E-state index in [0.717, 1.165) is 0 Å². The van der Waals surface area contributed by atoms with Crippen molar-refractivity contribution in [2.75, 3.05) is 18.4 Å². The van der Waals surface area contributed by atoms with Crippen LogP contribution in [-0.4, -0.2) is 98.0 Å². The highest BCUT2D eigenvalue weighted by molar-refractivity contribution is 6.21. The van der Waals surface area contributed by atoms with Gasteiger partial charge in [0.05, 0.1) is 23.7 Å². The summed E-state index contributed by atoms with van der Waals surface area (Å²) in [6.07, 6.45) is -9.39. The van der Waals surface area contributed by atoms with Gasteiger partial charge in [-0.2, -0.15) is 0 Å². The van der Waals surface area contributed by atoms with Crippen molar-refractivity contribution in [3.63, 3.8) is 0 Å². The maximum absolute atomic E-state index is 10.1. The van der Waals surface area contributed by atoms with Crippen LogP contribution in [0.3, 0.4) is 0 Å². The van der Waals surface area contributed by atoms with Gasteiger partial charge in [0.25, 0.3) is 0 Å². The minimum Gasteiger partial charge on any atom is -0.394 e. The normalized spacial score (nSPS) is 51.1. The van der Waals surface area contributed by atoms with E-state index in [-0.39, 0.29) is 5.88 Å². The molecular formula is C12H19Cl3O8. The third-order valence-electron chi connectivity index (χ3n) is 3.96. The third-order valence-corrected chi connectivity index (χ3v) is 5.17. The fourth-order valence-corrected chi connectivity index (χ4v) is 3.37. The molecule has 8 nitrogen and oxygen atoms in total. The molecule has 2 rings (SSSR count). The Morgan fingerprint density at radius 2 is 1.65 bits per heavy atom. The monoisotopic (exact) mass is 396 g/mol. The second-order valence-corrected chi connectivity index (χ2v) is 6.54. The van der Waals surface area contributed by atoms with Crippen LogP contribution in [0.4, 0.5) is 0 Å². The minimum absolute atomic E-state index is 0.125. The predicted octanol–water partition coefficient (Wildman–Crippen LogP) is -1.66. The fraction of sp³-hybridized carbons (Fsp3) is 1.00. The molecule has 0 bridgehead atoms. The van der Waals surface area contributed by atoms with Crippen LogP contribution in [0.15, 0.2) is 0 Å². The average Bonchev–Trinajstić information content (AvgIpc) is 2.80. The highest BCUT2D eigenvalue weighted by atomic mass is 35.5. The molecule has 0 saturated carbocycles. The molecule has 0 spiro atoms. The topological polar surface area (TPSA) is 129 Å². The van der Waals surface area contributed by atoms with Gasteiger partial charge in [-0.15, -0.1) is 34.8 Å². The first-order valence-electron chi connectivity index (χ1n) is 6.91. The standard InChI is InChI=1S/C12H19Cl3O8/c13-1-4-7(17)10(20)12(3-14,22-4)23-11-9(19)8(18)6(15)5(2-16)21-11/h4-11,16-20H,1-3H2/t4-,5-,6+,7-,8+,9-,10+,11-,12?/m1/s1. The van der Waals surface area contributed by atoms with Crippen molar-refractivity contribution in [1.82, 2.24) is 0 Å². The first-order chi connectivity index (χ1) is 10.8.